The number of rotatable bonds is 2. The van der Waals surface area contributed by atoms with E-state index in [4.69, 9.17) is 0 Å². The van der Waals surface area contributed by atoms with Crippen LogP contribution in [-0.4, -0.2) is 12.8 Å². The molecular formula is C12H12F5N. The van der Waals surface area contributed by atoms with Crippen molar-refractivity contribution in [2.24, 2.45) is 10.4 Å². The molecule has 100 valence electrons. The summed E-state index contributed by atoms with van der Waals surface area (Å²) in [5, 5.41) is 0. The van der Waals surface area contributed by atoms with Crippen molar-refractivity contribution >= 4 is 6.21 Å². The maximum absolute atomic E-state index is 13.2. The van der Waals surface area contributed by atoms with Crippen LogP contribution in [-0.2, 0) is 0 Å². The molecule has 18 heavy (non-hydrogen) atoms. The van der Waals surface area contributed by atoms with Crippen LogP contribution in [0.1, 0.15) is 26.3 Å². The summed E-state index contributed by atoms with van der Waals surface area (Å²) in [6, 6.07) is 0. The second-order valence-corrected chi connectivity index (χ2v) is 5.01. The number of benzene rings is 1. The largest absolute Gasteiger partial charge is 0.292 e. The van der Waals surface area contributed by atoms with Gasteiger partial charge in [-0.3, -0.25) is 4.99 Å². The first-order valence-corrected chi connectivity index (χ1v) is 5.16. The zero-order valence-corrected chi connectivity index (χ0v) is 10.1. The third-order valence-corrected chi connectivity index (χ3v) is 2.03. The van der Waals surface area contributed by atoms with E-state index in [2.05, 4.69) is 4.99 Å². The van der Waals surface area contributed by atoms with Crippen molar-refractivity contribution < 1.29 is 22.0 Å². The summed E-state index contributed by atoms with van der Waals surface area (Å²) in [6.45, 7) is 5.67. The van der Waals surface area contributed by atoms with Crippen LogP contribution in [0, 0.1) is 34.5 Å². The molecule has 0 aliphatic rings. The Morgan fingerprint density at radius 2 is 1.22 bits per heavy atom. The maximum atomic E-state index is 13.2. The van der Waals surface area contributed by atoms with Gasteiger partial charge in [0.2, 0.25) is 5.82 Å². The van der Waals surface area contributed by atoms with Crippen LogP contribution < -0.4 is 0 Å². The molecule has 0 amide bonds. The third-order valence-electron chi connectivity index (χ3n) is 2.03. The second kappa shape index (κ2) is 5.04. The predicted octanol–water partition coefficient (Wildman–Crippen LogP) is 3.85. The monoisotopic (exact) mass is 265 g/mol. The van der Waals surface area contributed by atoms with E-state index >= 15 is 0 Å². The van der Waals surface area contributed by atoms with Crippen LogP contribution in [0.3, 0.4) is 0 Å². The highest BCUT2D eigenvalue weighted by Crippen LogP contribution is 2.22. The van der Waals surface area contributed by atoms with Crippen molar-refractivity contribution in [2.45, 2.75) is 20.8 Å². The predicted molar refractivity (Wildman–Crippen MR) is 58.1 cm³/mol. The minimum atomic E-state index is -2.17. The first-order chi connectivity index (χ1) is 8.15. The normalized spacial score (nSPS) is 12.4. The average molecular weight is 265 g/mol. The van der Waals surface area contributed by atoms with Crippen LogP contribution in [0.15, 0.2) is 4.99 Å². The number of hydrogen-bond acceptors (Lipinski definition) is 1. The summed E-state index contributed by atoms with van der Waals surface area (Å²) in [6.07, 6.45) is 0.668. The summed E-state index contributed by atoms with van der Waals surface area (Å²) < 4.78 is 64.8. The van der Waals surface area contributed by atoms with Gasteiger partial charge in [-0.25, -0.2) is 22.0 Å². The van der Waals surface area contributed by atoms with E-state index < -0.39 is 34.6 Å². The van der Waals surface area contributed by atoms with Gasteiger partial charge in [0.1, 0.15) is 0 Å². The standard InChI is InChI=1S/C12H12F5N/c1-12(2,3)5-18-4-6-7(13)9(15)11(17)10(16)8(6)14/h4H,5H2,1-3H3/b18-4+. The lowest BCUT2D eigenvalue weighted by Crippen LogP contribution is -2.11. The molecule has 0 spiro atoms. The third kappa shape index (κ3) is 3.05. The second-order valence-electron chi connectivity index (χ2n) is 5.01. The first kappa shape index (κ1) is 14.6. The summed E-state index contributed by atoms with van der Waals surface area (Å²) in [5.74, 6) is -9.84. The van der Waals surface area contributed by atoms with E-state index in [0.717, 1.165) is 0 Å². The van der Waals surface area contributed by atoms with Crippen LogP contribution in [0.5, 0.6) is 0 Å². The zero-order chi connectivity index (χ0) is 14.1. The number of hydrogen-bond donors (Lipinski definition) is 0. The Bertz CT molecular complexity index is 459. The highest BCUT2D eigenvalue weighted by Gasteiger charge is 2.24. The van der Waals surface area contributed by atoms with E-state index in [1.54, 1.807) is 0 Å². The number of aliphatic imine (C=N–C) groups is 1. The molecule has 1 rings (SSSR count). The molecule has 0 heterocycles. The fraction of sp³-hybridized carbons (Fsp3) is 0.417. The molecule has 1 nitrogen and oxygen atoms in total. The Morgan fingerprint density at radius 1 is 0.833 bits per heavy atom. The molecule has 1 aromatic carbocycles. The van der Waals surface area contributed by atoms with Crippen LogP contribution in [0.4, 0.5) is 22.0 Å². The summed E-state index contributed by atoms with van der Waals surface area (Å²) in [7, 11) is 0. The Kier molecular flexibility index (Phi) is 4.09. The lowest BCUT2D eigenvalue weighted by molar-refractivity contribution is 0.377. The van der Waals surface area contributed by atoms with Crippen LogP contribution in [0.25, 0.3) is 0 Å². The molecule has 0 unspecified atom stereocenters. The molecule has 6 heteroatoms. The molecule has 0 bridgehead atoms. The van der Waals surface area contributed by atoms with Crippen LogP contribution in [0.2, 0.25) is 0 Å². The molecule has 0 aliphatic heterocycles. The van der Waals surface area contributed by atoms with Crippen molar-refractivity contribution in [2.75, 3.05) is 6.54 Å². The van der Waals surface area contributed by atoms with Gasteiger partial charge in [0, 0.05) is 12.8 Å². The Hall–Kier alpha value is -1.46. The van der Waals surface area contributed by atoms with Gasteiger partial charge in [0.15, 0.2) is 23.3 Å². The summed E-state index contributed by atoms with van der Waals surface area (Å²) >= 11 is 0. The van der Waals surface area contributed by atoms with Gasteiger partial charge in [-0.05, 0) is 5.41 Å². The molecule has 0 fully saturated rings. The summed E-state index contributed by atoms with van der Waals surface area (Å²) in [5.41, 5.74) is -1.27. The lowest BCUT2D eigenvalue weighted by atomic mass is 9.97. The Labute approximate surface area is 101 Å². The molecule has 0 radical (unpaired) electrons. The zero-order valence-electron chi connectivity index (χ0n) is 10.1. The SMILES string of the molecule is CC(C)(C)C/N=C/c1c(F)c(F)c(F)c(F)c1F. The van der Waals surface area contributed by atoms with Crippen molar-refractivity contribution in [3.63, 3.8) is 0 Å². The topological polar surface area (TPSA) is 12.4 Å². The molecule has 1 aromatic rings. The molecular weight excluding hydrogens is 253 g/mol. The van der Waals surface area contributed by atoms with Gasteiger partial charge in [0.25, 0.3) is 0 Å². The fourth-order valence-corrected chi connectivity index (χ4v) is 1.15. The smallest absolute Gasteiger partial charge is 0.200 e. The Morgan fingerprint density at radius 3 is 1.61 bits per heavy atom. The molecule has 0 aromatic heterocycles. The number of nitrogens with zero attached hydrogens (tertiary/aromatic N) is 1. The van der Waals surface area contributed by atoms with Gasteiger partial charge in [-0.1, -0.05) is 20.8 Å². The minimum Gasteiger partial charge on any atom is -0.292 e. The van der Waals surface area contributed by atoms with Gasteiger partial charge in [-0.15, -0.1) is 0 Å². The van der Waals surface area contributed by atoms with E-state index in [-0.39, 0.29) is 12.0 Å². The van der Waals surface area contributed by atoms with E-state index in [9.17, 15) is 22.0 Å². The quantitative estimate of drug-likeness (QED) is 0.333. The first-order valence-electron chi connectivity index (χ1n) is 5.16. The van der Waals surface area contributed by atoms with Crippen molar-refractivity contribution in [1.29, 1.82) is 0 Å². The van der Waals surface area contributed by atoms with E-state index in [1.165, 1.54) is 0 Å². The highest BCUT2D eigenvalue weighted by atomic mass is 19.2. The van der Waals surface area contributed by atoms with Gasteiger partial charge in [-0.2, -0.15) is 0 Å². The molecule has 0 atom stereocenters. The molecule has 0 N–H and O–H groups in total. The van der Waals surface area contributed by atoms with Gasteiger partial charge < -0.3 is 0 Å². The van der Waals surface area contributed by atoms with Crippen molar-refractivity contribution in [3.05, 3.63) is 34.6 Å². The Balaban J connectivity index is 3.18. The average Bonchev–Trinajstić information content (AvgIpc) is 2.27. The highest BCUT2D eigenvalue weighted by molar-refractivity contribution is 5.80. The van der Waals surface area contributed by atoms with E-state index in [0.29, 0.717) is 6.21 Å². The van der Waals surface area contributed by atoms with Crippen molar-refractivity contribution in [3.8, 4) is 0 Å². The lowest BCUT2D eigenvalue weighted by Gasteiger charge is -2.13. The van der Waals surface area contributed by atoms with Crippen LogP contribution >= 0.6 is 0 Å². The van der Waals surface area contributed by atoms with Gasteiger partial charge >= 0.3 is 0 Å². The summed E-state index contributed by atoms with van der Waals surface area (Å²) in [4.78, 5) is 3.69. The van der Waals surface area contributed by atoms with E-state index in [1.807, 2.05) is 20.8 Å². The molecule has 0 saturated carbocycles. The van der Waals surface area contributed by atoms with Gasteiger partial charge in [0.05, 0.1) is 5.56 Å². The minimum absolute atomic E-state index is 0.201. The van der Waals surface area contributed by atoms with Crippen molar-refractivity contribution in [1.82, 2.24) is 0 Å². The number of halogens is 5. The fourth-order valence-electron chi connectivity index (χ4n) is 1.15. The molecule has 0 saturated heterocycles. The molecule has 0 aliphatic carbocycles. The maximum Gasteiger partial charge on any atom is 0.200 e.